The summed E-state index contributed by atoms with van der Waals surface area (Å²) in [5.74, 6) is 0.398. The van der Waals surface area contributed by atoms with Crippen LogP contribution in [0.15, 0.2) is 5.16 Å². The van der Waals surface area contributed by atoms with E-state index >= 15 is 0 Å². The molecule has 0 aliphatic carbocycles. The Balaban J connectivity index is 3.16. The Morgan fingerprint density at radius 2 is 2.17 bits per heavy atom. The molecule has 0 aliphatic rings. The van der Waals surface area contributed by atoms with E-state index in [1.54, 1.807) is 0 Å². The Labute approximate surface area is 75.4 Å². The van der Waals surface area contributed by atoms with Gasteiger partial charge in [-0.2, -0.15) is 0 Å². The van der Waals surface area contributed by atoms with Gasteiger partial charge in [0.05, 0.1) is 0 Å². The van der Waals surface area contributed by atoms with Crippen LogP contribution in [-0.4, -0.2) is 27.3 Å². The van der Waals surface area contributed by atoms with E-state index in [9.17, 15) is 4.79 Å². The standard InChI is InChI=1S/C7H11N3OS/c1-5(2)10-6(4-11)8-9-7(10)12-3/h4-5H,1-3H3. The predicted molar refractivity (Wildman–Crippen MR) is 47.6 cm³/mol. The van der Waals surface area contributed by atoms with E-state index in [0.717, 1.165) is 11.4 Å². The summed E-state index contributed by atoms with van der Waals surface area (Å²) >= 11 is 1.49. The fraction of sp³-hybridized carbons (Fsp3) is 0.571. The van der Waals surface area contributed by atoms with Crippen molar-refractivity contribution in [2.45, 2.75) is 25.0 Å². The largest absolute Gasteiger partial charge is 0.297 e. The van der Waals surface area contributed by atoms with Crippen LogP contribution in [0, 0.1) is 0 Å². The van der Waals surface area contributed by atoms with E-state index in [1.165, 1.54) is 11.8 Å². The second-order valence-electron chi connectivity index (χ2n) is 2.63. The number of aromatic nitrogens is 3. The molecule has 0 fully saturated rings. The van der Waals surface area contributed by atoms with Crippen molar-refractivity contribution in [3.05, 3.63) is 5.82 Å². The predicted octanol–water partition coefficient (Wildman–Crippen LogP) is 1.39. The van der Waals surface area contributed by atoms with Gasteiger partial charge in [-0.1, -0.05) is 11.8 Å². The number of carbonyl (C=O) groups excluding carboxylic acids is 1. The summed E-state index contributed by atoms with van der Waals surface area (Å²) in [5, 5.41) is 8.41. The maximum absolute atomic E-state index is 10.5. The molecule has 1 rings (SSSR count). The highest BCUT2D eigenvalue weighted by atomic mass is 32.2. The van der Waals surface area contributed by atoms with Crippen molar-refractivity contribution >= 4 is 18.0 Å². The van der Waals surface area contributed by atoms with Gasteiger partial charge in [0, 0.05) is 6.04 Å². The van der Waals surface area contributed by atoms with Gasteiger partial charge >= 0.3 is 0 Å². The van der Waals surface area contributed by atoms with Crippen molar-refractivity contribution in [2.24, 2.45) is 0 Å². The molecule has 1 heterocycles. The minimum absolute atomic E-state index is 0.225. The number of hydrogen-bond donors (Lipinski definition) is 0. The molecular formula is C7H11N3OS. The van der Waals surface area contributed by atoms with Gasteiger partial charge in [0.25, 0.3) is 0 Å². The van der Waals surface area contributed by atoms with Crippen LogP contribution in [0.5, 0.6) is 0 Å². The smallest absolute Gasteiger partial charge is 0.197 e. The Kier molecular flexibility index (Phi) is 2.86. The van der Waals surface area contributed by atoms with Crippen LogP contribution in [0.3, 0.4) is 0 Å². The molecule has 1 aromatic rings. The highest BCUT2D eigenvalue weighted by Crippen LogP contribution is 2.17. The molecule has 12 heavy (non-hydrogen) atoms. The number of carbonyl (C=O) groups is 1. The quantitative estimate of drug-likeness (QED) is 0.527. The Morgan fingerprint density at radius 3 is 2.58 bits per heavy atom. The van der Waals surface area contributed by atoms with Crippen molar-refractivity contribution in [3.63, 3.8) is 0 Å². The molecule has 66 valence electrons. The molecule has 0 saturated carbocycles. The number of hydrogen-bond acceptors (Lipinski definition) is 4. The zero-order chi connectivity index (χ0) is 9.14. The lowest BCUT2D eigenvalue weighted by molar-refractivity contribution is 0.110. The van der Waals surface area contributed by atoms with Crippen LogP contribution >= 0.6 is 11.8 Å². The van der Waals surface area contributed by atoms with Gasteiger partial charge < -0.3 is 0 Å². The van der Waals surface area contributed by atoms with E-state index in [1.807, 2.05) is 24.7 Å². The van der Waals surface area contributed by atoms with E-state index in [2.05, 4.69) is 10.2 Å². The number of nitrogens with zero attached hydrogens (tertiary/aromatic N) is 3. The van der Waals surface area contributed by atoms with E-state index < -0.39 is 0 Å². The van der Waals surface area contributed by atoms with Crippen LogP contribution in [0.1, 0.15) is 30.5 Å². The monoisotopic (exact) mass is 185 g/mol. The molecule has 0 atom stereocenters. The molecule has 5 heteroatoms. The lowest BCUT2D eigenvalue weighted by Gasteiger charge is -2.09. The number of aldehydes is 1. The minimum Gasteiger partial charge on any atom is -0.297 e. The molecule has 4 nitrogen and oxygen atoms in total. The van der Waals surface area contributed by atoms with Crippen LogP contribution in [0.4, 0.5) is 0 Å². The summed E-state index contributed by atoms with van der Waals surface area (Å²) < 4.78 is 1.82. The van der Waals surface area contributed by atoms with Gasteiger partial charge in [-0.15, -0.1) is 10.2 Å². The molecule has 0 aromatic carbocycles. The average Bonchev–Trinajstić information content (AvgIpc) is 2.46. The lowest BCUT2D eigenvalue weighted by atomic mass is 10.4. The second-order valence-corrected chi connectivity index (χ2v) is 3.40. The third-order valence-corrected chi connectivity index (χ3v) is 2.14. The number of rotatable bonds is 3. The van der Waals surface area contributed by atoms with Crippen LogP contribution < -0.4 is 0 Å². The van der Waals surface area contributed by atoms with E-state index in [-0.39, 0.29) is 6.04 Å². The van der Waals surface area contributed by atoms with Crippen LogP contribution in [0.25, 0.3) is 0 Å². The van der Waals surface area contributed by atoms with Gasteiger partial charge in [-0.3, -0.25) is 9.36 Å². The molecule has 1 aromatic heterocycles. The molecule has 0 amide bonds. The molecule has 0 aliphatic heterocycles. The third kappa shape index (κ3) is 1.50. The Hall–Kier alpha value is -0.840. The normalized spacial score (nSPS) is 10.7. The first kappa shape index (κ1) is 9.25. The minimum atomic E-state index is 0.225. The maximum Gasteiger partial charge on any atom is 0.197 e. The topological polar surface area (TPSA) is 47.8 Å². The molecule has 0 N–H and O–H groups in total. The molecular weight excluding hydrogens is 174 g/mol. The fourth-order valence-corrected chi connectivity index (χ4v) is 1.62. The summed E-state index contributed by atoms with van der Waals surface area (Å²) in [6.45, 7) is 3.99. The highest BCUT2D eigenvalue weighted by molar-refractivity contribution is 7.98. The lowest BCUT2D eigenvalue weighted by Crippen LogP contribution is -2.06. The maximum atomic E-state index is 10.5. The third-order valence-electron chi connectivity index (χ3n) is 1.50. The average molecular weight is 185 g/mol. The molecule has 0 spiro atoms. The first-order valence-electron chi connectivity index (χ1n) is 3.64. The van der Waals surface area contributed by atoms with Crippen LogP contribution in [-0.2, 0) is 0 Å². The van der Waals surface area contributed by atoms with Gasteiger partial charge in [-0.05, 0) is 20.1 Å². The van der Waals surface area contributed by atoms with Gasteiger partial charge in [0.1, 0.15) is 0 Å². The molecule has 0 unspecified atom stereocenters. The second kappa shape index (κ2) is 3.71. The summed E-state index contributed by atoms with van der Waals surface area (Å²) in [7, 11) is 0. The molecule has 0 saturated heterocycles. The summed E-state index contributed by atoms with van der Waals surface area (Å²) in [6.07, 6.45) is 2.64. The van der Waals surface area contributed by atoms with Crippen molar-refractivity contribution in [1.82, 2.24) is 14.8 Å². The van der Waals surface area contributed by atoms with Gasteiger partial charge in [0.2, 0.25) is 0 Å². The Morgan fingerprint density at radius 1 is 1.50 bits per heavy atom. The number of thioether (sulfide) groups is 1. The first-order chi connectivity index (χ1) is 5.70. The van der Waals surface area contributed by atoms with Gasteiger partial charge in [0.15, 0.2) is 17.3 Å². The SMILES string of the molecule is CSc1nnc(C=O)n1C(C)C. The van der Waals surface area contributed by atoms with E-state index in [4.69, 9.17) is 0 Å². The first-order valence-corrected chi connectivity index (χ1v) is 4.87. The van der Waals surface area contributed by atoms with E-state index in [0.29, 0.717) is 5.82 Å². The summed E-state index contributed by atoms with van der Waals surface area (Å²) in [5.41, 5.74) is 0. The van der Waals surface area contributed by atoms with Gasteiger partial charge in [-0.25, -0.2) is 0 Å². The highest BCUT2D eigenvalue weighted by Gasteiger charge is 2.12. The van der Waals surface area contributed by atoms with Crippen molar-refractivity contribution in [2.75, 3.05) is 6.26 Å². The fourth-order valence-electron chi connectivity index (χ4n) is 0.993. The molecule has 0 bridgehead atoms. The Bertz CT molecular complexity index is 282. The van der Waals surface area contributed by atoms with Crippen molar-refractivity contribution < 1.29 is 4.79 Å². The van der Waals surface area contributed by atoms with Crippen LogP contribution in [0.2, 0.25) is 0 Å². The summed E-state index contributed by atoms with van der Waals surface area (Å²) in [4.78, 5) is 10.5. The molecule has 0 radical (unpaired) electrons. The van der Waals surface area contributed by atoms with Crippen molar-refractivity contribution in [1.29, 1.82) is 0 Å². The summed E-state index contributed by atoms with van der Waals surface area (Å²) in [6, 6.07) is 0.225. The zero-order valence-electron chi connectivity index (χ0n) is 7.31. The van der Waals surface area contributed by atoms with Crippen molar-refractivity contribution in [3.8, 4) is 0 Å². The zero-order valence-corrected chi connectivity index (χ0v) is 8.13.